The highest BCUT2D eigenvalue weighted by atomic mass is 32.2. The summed E-state index contributed by atoms with van der Waals surface area (Å²) in [7, 11) is -3.27. The second kappa shape index (κ2) is 8.43. The Morgan fingerprint density at radius 1 is 1.25 bits per heavy atom. The zero-order valence-electron chi connectivity index (χ0n) is 14.5. The van der Waals surface area contributed by atoms with Crippen LogP contribution < -0.4 is 0 Å². The molecule has 1 aliphatic carbocycles. The van der Waals surface area contributed by atoms with E-state index in [1.54, 1.807) is 24.3 Å². The molecule has 0 aromatic heterocycles. The predicted octanol–water partition coefficient (Wildman–Crippen LogP) is 4.50. The number of Topliss-reactive ketones (excluding diaryl/α,β-unsaturated/α-hetero) is 1. The lowest BCUT2D eigenvalue weighted by molar-refractivity contribution is -0.116. The third kappa shape index (κ3) is 5.17. The molecule has 0 fully saturated rings. The van der Waals surface area contributed by atoms with Crippen molar-refractivity contribution < 1.29 is 13.2 Å². The van der Waals surface area contributed by atoms with Gasteiger partial charge >= 0.3 is 0 Å². The number of benzene rings is 1. The van der Waals surface area contributed by atoms with Crippen LogP contribution in [0, 0.1) is 5.92 Å². The molecule has 1 aromatic rings. The first-order valence-electron chi connectivity index (χ1n) is 8.57. The quantitative estimate of drug-likeness (QED) is 0.683. The molecule has 1 atom stereocenters. The highest BCUT2D eigenvalue weighted by Crippen LogP contribution is 2.24. The minimum atomic E-state index is -3.27. The number of allylic oxidation sites excluding steroid dienone is 3. The molecule has 0 aliphatic heterocycles. The lowest BCUT2D eigenvalue weighted by Crippen LogP contribution is -2.09. The molecule has 130 valence electrons. The second-order valence-electron chi connectivity index (χ2n) is 6.53. The van der Waals surface area contributed by atoms with E-state index in [4.69, 9.17) is 0 Å². The van der Waals surface area contributed by atoms with Crippen molar-refractivity contribution >= 4 is 15.6 Å². The van der Waals surface area contributed by atoms with Crippen LogP contribution in [0.4, 0.5) is 0 Å². The predicted molar refractivity (Wildman–Crippen MR) is 97.6 cm³/mol. The molecule has 3 nitrogen and oxygen atoms in total. The Balaban J connectivity index is 1.92. The topological polar surface area (TPSA) is 51.2 Å². The molecule has 24 heavy (non-hydrogen) atoms. The van der Waals surface area contributed by atoms with Crippen LogP contribution in [0.1, 0.15) is 46.0 Å². The van der Waals surface area contributed by atoms with Gasteiger partial charge in [-0.15, -0.1) is 0 Å². The molecule has 0 N–H and O–H groups in total. The van der Waals surface area contributed by atoms with Crippen molar-refractivity contribution in [3.63, 3.8) is 0 Å². The summed E-state index contributed by atoms with van der Waals surface area (Å²) in [6, 6.07) is 8.54. The van der Waals surface area contributed by atoms with Gasteiger partial charge in [-0.3, -0.25) is 4.79 Å². The van der Waals surface area contributed by atoms with E-state index in [1.807, 2.05) is 19.1 Å². The standard InChI is InChI=1S/C20H26O3S/c1-16(12-13-18-8-6-7-11-20(18)21)17(2)14-15-24(22,23)19-9-4-3-5-10-19/h3-5,8-10,14,16H,6-7,11-13,15H2,1-2H3/b17-14+. The third-order valence-electron chi connectivity index (χ3n) is 4.71. The molecule has 2 rings (SSSR count). The normalized spacial score (nSPS) is 17.5. The first kappa shape index (κ1) is 18.7. The molecule has 0 spiro atoms. The van der Waals surface area contributed by atoms with Crippen LogP contribution >= 0.6 is 0 Å². The fraction of sp³-hybridized carbons (Fsp3) is 0.450. The summed E-state index contributed by atoms with van der Waals surface area (Å²) in [5.41, 5.74) is 2.02. The van der Waals surface area contributed by atoms with Crippen LogP contribution in [0.15, 0.2) is 58.5 Å². The fourth-order valence-electron chi connectivity index (χ4n) is 2.82. The van der Waals surface area contributed by atoms with Crippen molar-refractivity contribution in [1.29, 1.82) is 0 Å². The third-order valence-corrected chi connectivity index (χ3v) is 6.30. The summed E-state index contributed by atoms with van der Waals surface area (Å²) >= 11 is 0. The Hall–Kier alpha value is -1.68. The van der Waals surface area contributed by atoms with Gasteiger partial charge in [0.05, 0.1) is 10.6 Å². The van der Waals surface area contributed by atoms with Crippen molar-refractivity contribution in [3.8, 4) is 0 Å². The Bertz CT molecular complexity index is 727. The first-order chi connectivity index (χ1) is 11.4. The van der Waals surface area contributed by atoms with Crippen LogP contribution in [0.2, 0.25) is 0 Å². The van der Waals surface area contributed by atoms with Gasteiger partial charge in [-0.05, 0) is 56.2 Å². The summed E-state index contributed by atoms with van der Waals surface area (Å²) < 4.78 is 24.6. The van der Waals surface area contributed by atoms with Gasteiger partial charge in [0.25, 0.3) is 0 Å². The van der Waals surface area contributed by atoms with E-state index >= 15 is 0 Å². The van der Waals surface area contributed by atoms with Crippen LogP contribution in [-0.4, -0.2) is 20.0 Å². The van der Waals surface area contributed by atoms with Crippen molar-refractivity contribution in [2.24, 2.45) is 5.92 Å². The van der Waals surface area contributed by atoms with Crippen molar-refractivity contribution in [2.45, 2.75) is 50.8 Å². The number of hydrogen-bond donors (Lipinski definition) is 0. The maximum absolute atomic E-state index is 12.3. The zero-order valence-corrected chi connectivity index (χ0v) is 15.3. The molecule has 0 heterocycles. The number of sulfone groups is 1. The Kier molecular flexibility index (Phi) is 6.55. The van der Waals surface area contributed by atoms with E-state index in [2.05, 4.69) is 13.0 Å². The molecule has 0 radical (unpaired) electrons. The van der Waals surface area contributed by atoms with Crippen molar-refractivity contribution in [2.75, 3.05) is 5.75 Å². The molecule has 0 saturated heterocycles. The Morgan fingerprint density at radius 3 is 2.62 bits per heavy atom. The van der Waals surface area contributed by atoms with Gasteiger partial charge in [-0.25, -0.2) is 8.42 Å². The summed E-state index contributed by atoms with van der Waals surface area (Å²) in [6.45, 7) is 4.07. The number of hydrogen-bond acceptors (Lipinski definition) is 3. The van der Waals surface area contributed by atoms with Crippen LogP contribution in [-0.2, 0) is 14.6 Å². The minimum absolute atomic E-state index is 0.0226. The SMILES string of the molecule is C/C(=C\CS(=O)(=O)c1ccccc1)C(C)CCC1=CCCCC1=O. The van der Waals surface area contributed by atoms with Crippen molar-refractivity contribution in [1.82, 2.24) is 0 Å². The monoisotopic (exact) mass is 346 g/mol. The van der Waals surface area contributed by atoms with Gasteiger partial charge in [-0.1, -0.05) is 42.8 Å². The number of ketones is 1. The fourth-order valence-corrected chi connectivity index (χ4v) is 4.07. The molecule has 1 unspecified atom stereocenters. The molecule has 4 heteroatoms. The van der Waals surface area contributed by atoms with Gasteiger partial charge in [0, 0.05) is 6.42 Å². The molecule has 0 bridgehead atoms. The first-order valence-corrected chi connectivity index (χ1v) is 10.2. The summed E-state index contributed by atoms with van der Waals surface area (Å²) in [5, 5.41) is 0. The summed E-state index contributed by atoms with van der Waals surface area (Å²) in [4.78, 5) is 12.2. The highest BCUT2D eigenvalue weighted by Gasteiger charge is 2.16. The van der Waals surface area contributed by atoms with Gasteiger partial charge in [-0.2, -0.15) is 0 Å². The zero-order chi connectivity index (χ0) is 17.6. The van der Waals surface area contributed by atoms with E-state index in [1.165, 1.54) is 0 Å². The lowest BCUT2D eigenvalue weighted by atomic mass is 9.89. The van der Waals surface area contributed by atoms with Crippen LogP contribution in [0.25, 0.3) is 0 Å². The number of carbonyl (C=O) groups is 1. The molecule has 1 aromatic carbocycles. The molecular formula is C20H26O3S. The van der Waals surface area contributed by atoms with Gasteiger partial charge in [0.1, 0.15) is 0 Å². The maximum Gasteiger partial charge on any atom is 0.181 e. The smallest absolute Gasteiger partial charge is 0.181 e. The average molecular weight is 346 g/mol. The molecular weight excluding hydrogens is 320 g/mol. The molecule has 0 amide bonds. The van der Waals surface area contributed by atoms with E-state index in [0.29, 0.717) is 11.3 Å². The molecule has 1 aliphatic rings. The van der Waals surface area contributed by atoms with Crippen LogP contribution in [0.5, 0.6) is 0 Å². The van der Waals surface area contributed by atoms with Crippen LogP contribution in [0.3, 0.4) is 0 Å². The average Bonchev–Trinajstić information content (AvgIpc) is 2.59. The highest BCUT2D eigenvalue weighted by molar-refractivity contribution is 7.91. The van der Waals surface area contributed by atoms with Gasteiger partial charge in [0.2, 0.25) is 0 Å². The molecule has 0 saturated carbocycles. The van der Waals surface area contributed by atoms with Gasteiger partial charge in [0.15, 0.2) is 15.6 Å². The van der Waals surface area contributed by atoms with Crippen molar-refractivity contribution in [3.05, 3.63) is 53.6 Å². The summed E-state index contributed by atoms with van der Waals surface area (Å²) in [6.07, 6.45) is 8.18. The number of rotatable bonds is 7. The maximum atomic E-state index is 12.3. The van der Waals surface area contributed by atoms with E-state index in [0.717, 1.165) is 36.8 Å². The summed E-state index contributed by atoms with van der Waals surface area (Å²) in [5.74, 6) is 0.572. The number of carbonyl (C=O) groups excluding carboxylic acids is 1. The minimum Gasteiger partial charge on any atom is -0.295 e. The largest absolute Gasteiger partial charge is 0.295 e. The second-order valence-corrected chi connectivity index (χ2v) is 8.56. The lowest BCUT2D eigenvalue weighted by Gasteiger charge is -2.16. The van der Waals surface area contributed by atoms with Gasteiger partial charge < -0.3 is 0 Å². The Morgan fingerprint density at radius 2 is 1.96 bits per heavy atom. The van der Waals surface area contributed by atoms with E-state index in [-0.39, 0.29) is 17.5 Å². The Labute approximate surface area is 145 Å². The van der Waals surface area contributed by atoms with E-state index in [9.17, 15) is 13.2 Å². The van der Waals surface area contributed by atoms with E-state index < -0.39 is 9.84 Å².